The van der Waals surface area contributed by atoms with E-state index in [1.807, 2.05) is 6.07 Å². The smallest absolute Gasteiger partial charge is 0.0764 e. The van der Waals surface area contributed by atoms with Crippen LogP contribution in [0.15, 0.2) is 18.5 Å². The second-order valence-electron chi connectivity index (χ2n) is 3.65. The first kappa shape index (κ1) is 7.40. The van der Waals surface area contributed by atoms with Gasteiger partial charge < -0.3 is 11.1 Å². The van der Waals surface area contributed by atoms with Crippen LogP contribution in [0.25, 0.3) is 0 Å². The molecule has 0 atom stereocenters. The van der Waals surface area contributed by atoms with Crippen molar-refractivity contribution in [3.8, 4) is 0 Å². The summed E-state index contributed by atoms with van der Waals surface area (Å²) < 4.78 is 0. The number of anilines is 2. The fraction of sp³-hybridized carbons (Fsp3) is 0.444. The fourth-order valence-electron chi connectivity index (χ4n) is 1.15. The molecule has 1 saturated carbocycles. The van der Waals surface area contributed by atoms with Gasteiger partial charge in [0.15, 0.2) is 0 Å². The Morgan fingerprint density at radius 2 is 2.33 bits per heavy atom. The molecule has 0 bridgehead atoms. The molecule has 1 aliphatic rings. The zero-order valence-corrected chi connectivity index (χ0v) is 7.17. The van der Waals surface area contributed by atoms with Gasteiger partial charge in [-0.25, -0.2) is 0 Å². The topological polar surface area (TPSA) is 50.9 Å². The fourth-order valence-corrected chi connectivity index (χ4v) is 1.15. The summed E-state index contributed by atoms with van der Waals surface area (Å²) in [7, 11) is 0. The molecule has 1 fully saturated rings. The highest BCUT2D eigenvalue weighted by Gasteiger charge is 2.37. The van der Waals surface area contributed by atoms with Crippen molar-refractivity contribution in [3.63, 3.8) is 0 Å². The molecule has 2 rings (SSSR count). The Hall–Kier alpha value is -1.25. The van der Waals surface area contributed by atoms with Crippen LogP contribution in [0.4, 0.5) is 11.4 Å². The summed E-state index contributed by atoms with van der Waals surface area (Å²) in [5.41, 5.74) is 7.76. The molecule has 3 nitrogen and oxygen atoms in total. The molecule has 0 amide bonds. The van der Waals surface area contributed by atoms with Gasteiger partial charge in [-0.05, 0) is 25.8 Å². The molecule has 0 radical (unpaired) electrons. The monoisotopic (exact) mass is 163 g/mol. The van der Waals surface area contributed by atoms with E-state index in [0.29, 0.717) is 0 Å². The van der Waals surface area contributed by atoms with E-state index in [9.17, 15) is 0 Å². The Labute approximate surface area is 72.0 Å². The van der Waals surface area contributed by atoms with Crippen molar-refractivity contribution in [1.29, 1.82) is 0 Å². The first-order chi connectivity index (χ1) is 5.70. The zero-order chi connectivity index (χ0) is 8.60. The number of nitrogens with two attached hydrogens (primary N) is 1. The van der Waals surface area contributed by atoms with Crippen molar-refractivity contribution in [2.24, 2.45) is 0 Å². The van der Waals surface area contributed by atoms with Gasteiger partial charge in [0.1, 0.15) is 0 Å². The lowest BCUT2D eigenvalue weighted by atomic mass is 10.3. The number of rotatable bonds is 2. The first-order valence-corrected chi connectivity index (χ1v) is 4.17. The van der Waals surface area contributed by atoms with E-state index in [1.165, 1.54) is 12.8 Å². The molecule has 1 aromatic rings. The maximum absolute atomic E-state index is 5.75. The third kappa shape index (κ3) is 1.35. The predicted octanol–water partition coefficient (Wildman–Crippen LogP) is 1.63. The second kappa shape index (κ2) is 2.37. The number of nitrogens with one attached hydrogen (secondary N) is 1. The summed E-state index contributed by atoms with van der Waals surface area (Å²) in [4.78, 5) is 4.01. The minimum Gasteiger partial charge on any atom is -0.397 e. The Kier molecular flexibility index (Phi) is 1.46. The third-order valence-electron chi connectivity index (χ3n) is 2.29. The highest BCUT2D eigenvalue weighted by molar-refractivity contribution is 5.65. The maximum Gasteiger partial charge on any atom is 0.0764 e. The van der Waals surface area contributed by atoms with Crippen LogP contribution in [0.3, 0.4) is 0 Å². The Bertz CT molecular complexity index is 292. The highest BCUT2D eigenvalue weighted by atomic mass is 15.0. The summed E-state index contributed by atoms with van der Waals surface area (Å²) >= 11 is 0. The van der Waals surface area contributed by atoms with Gasteiger partial charge in [0.2, 0.25) is 0 Å². The molecule has 3 heteroatoms. The molecule has 1 heterocycles. The van der Waals surface area contributed by atoms with Crippen molar-refractivity contribution in [1.82, 2.24) is 4.98 Å². The van der Waals surface area contributed by atoms with E-state index in [1.54, 1.807) is 12.4 Å². The Balaban J connectivity index is 2.17. The highest BCUT2D eigenvalue weighted by Crippen LogP contribution is 2.38. The first-order valence-electron chi connectivity index (χ1n) is 4.17. The molecule has 0 spiro atoms. The number of hydrogen-bond acceptors (Lipinski definition) is 3. The normalized spacial score (nSPS) is 18.8. The van der Waals surface area contributed by atoms with Crippen molar-refractivity contribution in [2.45, 2.75) is 25.3 Å². The van der Waals surface area contributed by atoms with Gasteiger partial charge in [-0.2, -0.15) is 0 Å². The van der Waals surface area contributed by atoms with E-state index in [2.05, 4.69) is 17.2 Å². The van der Waals surface area contributed by atoms with Gasteiger partial charge in [-0.3, -0.25) is 4.98 Å². The average molecular weight is 163 g/mol. The van der Waals surface area contributed by atoms with Crippen LogP contribution in [0, 0.1) is 0 Å². The van der Waals surface area contributed by atoms with E-state index in [0.717, 1.165) is 11.4 Å². The Morgan fingerprint density at radius 1 is 1.58 bits per heavy atom. The lowest BCUT2D eigenvalue weighted by Gasteiger charge is -2.13. The largest absolute Gasteiger partial charge is 0.397 e. The molecule has 1 aliphatic carbocycles. The third-order valence-corrected chi connectivity index (χ3v) is 2.29. The molecule has 0 aliphatic heterocycles. The van der Waals surface area contributed by atoms with Crippen LogP contribution < -0.4 is 11.1 Å². The number of nitrogen functional groups attached to an aromatic ring is 1. The lowest BCUT2D eigenvalue weighted by molar-refractivity contribution is 0.828. The van der Waals surface area contributed by atoms with Crippen molar-refractivity contribution in [2.75, 3.05) is 11.1 Å². The van der Waals surface area contributed by atoms with Crippen LogP contribution in [0.5, 0.6) is 0 Å². The van der Waals surface area contributed by atoms with Crippen LogP contribution in [-0.4, -0.2) is 10.5 Å². The molecule has 12 heavy (non-hydrogen) atoms. The number of pyridine rings is 1. The standard InChI is InChI=1S/C9H13N3/c1-9(3-4-9)12-8-6-11-5-2-7(8)10/h2,5-6,12H,3-4H2,1H3,(H2,10,11). The zero-order valence-electron chi connectivity index (χ0n) is 7.17. The summed E-state index contributed by atoms with van der Waals surface area (Å²) in [5, 5.41) is 3.37. The predicted molar refractivity (Wildman–Crippen MR) is 49.9 cm³/mol. The van der Waals surface area contributed by atoms with E-state index < -0.39 is 0 Å². The number of nitrogens with zero attached hydrogens (tertiary/aromatic N) is 1. The van der Waals surface area contributed by atoms with E-state index in [4.69, 9.17) is 5.73 Å². The van der Waals surface area contributed by atoms with Gasteiger partial charge in [0.25, 0.3) is 0 Å². The van der Waals surface area contributed by atoms with Gasteiger partial charge in [-0.15, -0.1) is 0 Å². The van der Waals surface area contributed by atoms with Gasteiger partial charge >= 0.3 is 0 Å². The summed E-state index contributed by atoms with van der Waals surface area (Å²) in [6, 6.07) is 1.81. The van der Waals surface area contributed by atoms with Crippen LogP contribution in [0.2, 0.25) is 0 Å². The van der Waals surface area contributed by atoms with Gasteiger partial charge in [0.05, 0.1) is 17.6 Å². The molecule has 0 unspecified atom stereocenters. The summed E-state index contributed by atoms with van der Waals surface area (Å²) in [6.45, 7) is 2.19. The van der Waals surface area contributed by atoms with Crippen LogP contribution in [0.1, 0.15) is 19.8 Å². The van der Waals surface area contributed by atoms with Gasteiger partial charge in [-0.1, -0.05) is 0 Å². The van der Waals surface area contributed by atoms with E-state index >= 15 is 0 Å². The molecular formula is C9H13N3. The quantitative estimate of drug-likeness (QED) is 0.696. The van der Waals surface area contributed by atoms with Crippen LogP contribution in [-0.2, 0) is 0 Å². The summed E-state index contributed by atoms with van der Waals surface area (Å²) in [6.07, 6.45) is 5.93. The van der Waals surface area contributed by atoms with Crippen molar-refractivity contribution >= 4 is 11.4 Å². The minimum atomic E-state index is 0.275. The van der Waals surface area contributed by atoms with Crippen LogP contribution >= 0.6 is 0 Å². The van der Waals surface area contributed by atoms with Crippen molar-refractivity contribution < 1.29 is 0 Å². The van der Waals surface area contributed by atoms with Crippen molar-refractivity contribution in [3.05, 3.63) is 18.5 Å². The van der Waals surface area contributed by atoms with E-state index in [-0.39, 0.29) is 5.54 Å². The SMILES string of the molecule is CC1(Nc2cnccc2N)CC1. The maximum atomic E-state index is 5.75. The molecule has 0 saturated heterocycles. The molecule has 64 valence electrons. The van der Waals surface area contributed by atoms with Gasteiger partial charge in [0, 0.05) is 11.7 Å². The number of aromatic nitrogens is 1. The lowest BCUT2D eigenvalue weighted by Crippen LogP contribution is -2.16. The number of hydrogen-bond donors (Lipinski definition) is 2. The molecular weight excluding hydrogens is 150 g/mol. The Morgan fingerprint density at radius 3 is 2.92 bits per heavy atom. The average Bonchev–Trinajstić information content (AvgIpc) is 2.74. The second-order valence-corrected chi connectivity index (χ2v) is 3.65. The molecule has 0 aromatic carbocycles. The minimum absolute atomic E-state index is 0.275. The summed E-state index contributed by atoms with van der Waals surface area (Å²) in [5.74, 6) is 0. The molecule has 1 aromatic heterocycles. The molecule has 3 N–H and O–H groups in total.